The van der Waals surface area contributed by atoms with Crippen LogP contribution in [-0.2, 0) is 14.3 Å². The van der Waals surface area contributed by atoms with Crippen molar-refractivity contribution < 1.29 is 28.5 Å². The number of likely N-dealkylation sites (tertiary alicyclic amines) is 1. The van der Waals surface area contributed by atoms with Crippen LogP contribution in [0.2, 0.25) is 5.02 Å². The molecule has 0 saturated carbocycles. The van der Waals surface area contributed by atoms with Crippen LogP contribution in [0.25, 0.3) is 6.08 Å². The first-order valence-electron chi connectivity index (χ1n) is 12.6. The molecule has 0 aliphatic carbocycles. The largest absolute Gasteiger partial charge is 0.482 e. The quantitative estimate of drug-likeness (QED) is 0.228. The number of carbonyl (C=O) groups excluding carboxylic acids is 2. The summed E-state index contributed by atoms with van der Waals surface area (Å²) in [6, 6.07) is 12.6. The Morgan fingerprint density at radius 2 is 1.72 bits per heavy atom. The summed E-state index contributed by atoms with van der Waals surface area (Å²) in [7, 11) is 3.83. The number of esters is 1. The average molecular weight is 580 g/mol. The Balaban J connectivity index is 0.000000273. The van der Waals surface area contributed by atoms with E-state index in [-0.39, 0.29) is 37.7 Å². The van der Waals surface area contributed by atoms with E-state index < -0.39 is 0 Å². The SMILES string of the molecule is CN(C)CCOC(=O)COc1ccc(Cl)cc1.Cl.O=C(C=CC=Cc1ccc2c(c1)OCO2)N1CCCCC1. The first-order chi connectivity index (χ1) is 18.4. The Hall–Kier alpha value is -3.20. The van der Waals surface area contributed by atoms with E-state index in [4.69, 9.17) is 30.5 Å². The fourth-order valence-corrected chi connectivity index (χ4v) is 3.72. The number of piperidine rings is 1. The lowest BCUT2D eigenvalue weighted by atomic mass is 10.1. The summed E-state index contributed by atoms with van der Waals surface area (Å²) < 4.78 is 20.8. The van der Waals surface area contributed by atoms with Gasteiger partial charge in [0.2, 0.25) is 12.7 Å². The number of likely N-dealkylation sites (N-methyl/N-ethyl adjacent to an activating group) is 1. The Kier molecular flexibility index (Phi) is 14.3. The topological polar surface area (TPSA) is 77.5 Å². The van der Waals surface area contributed by atoms with Gasteiger partial charge in [0, 0.05) is 30.7 Å². The third-order valence-electron chi connectivity index (χ3n) is 5.67. The van der Waals surface area contributed by atoms with Crippen molar-refractivity contribution in [3.8, 4) is 17.2 Å². The number of halogens is 2. The van der Waals surface area contributed by atoms with E-state index >= 15 is 0 Å². The zero-order valence-corrected chi connectivity index (χ0v) is 23.9. The third kappa shape index (κ3) is 12.0. The zero-order valence-electron chi connectivity index (χ0n) is 22.3. The molecule has 2 aliphatic rings. The molecule has 4 rings (SSSR count). The molecule has 2 aliphatic heterocycles. The number of nitrogens with zero attached hydrogens (tertiary/aromatic N) is 2. The summed E-state index contributed by atoms with van der Waals surface area (Å²) in [4.78, 5) is 27.1. The molecule has 1 amide bonds. The van der Waals surface area contributed by atoms with E-state index in [1.54, 1.807) is 36.4 Å². The van der Waals surface area contributed by atoms with Crippen molar-refractivity contribution in [2.75, 3.05) is 53.7 Å². The minimum absolute atomic E-state index is 0. The van der Waals surface area contributed by atoms with Crippen molar-refractivity contribution >= 4 is 42.0 Å². The van der Waals surface area contributed by atoms with Gasteiger partial charge in [-0.25, -0.2) is 4.79 Å². The highest BCUT2D eigenvalue weighted by Crippen LogP contribution is 2.32. The number of benzene rings is 2. The van der Waals surface area contributed by atoms with Gasteiger partial charge in [0.05, 0.1) is 0 Å². The lowest BCUT2D eigenvalue weighted by Crippen LogP contribution is -2.34. The van der Waals surface area contributed by atoms with E-state index in [0.717, 1.165) is 43.0 Å². The van der Waals surface area contributed by atoms with Crippen LogP contribution in [0.5, 0.6) is 17.2 Å². The van der Waals surface area contributed by atoms with Crippen molar-refractivity contribution in [2.24, 2.45) is 0 Å². The van der Waals surface area contributed by atoms with Crippen molar-refractivity contribution in [3.63, 3.8) is 0 Å². The van der Waals surface area contributed by atoms with Gasteiger partial charge >= 0.3 is 5.97 Å². The molecule has 1 fully saturated rings. The lowest BCUT2D eigenvalue weighted by molar-refractivity contribution is -0.146. The molecular weight excluding hydrogens is 543 g/mol. The number of carbonyl (C=O) groups is 2. The molecular formula is C29H36Cl2N2O6. The van der Waals surface area contributed by atoms with Gasteiger partial charge < -0.3 is 28.7 Å². The minimum Gasteiger partial charge on any atom is -0.482 e. The molecule has 0 N–H and O–H groups in total. The number of rotatable bonds is 9. The van der Waals surface area contributed by atoms with Crippen LogP contribution in [0, 0.1) is 0 Å². The average Bonchev–Trinajstić information content (AvgIpc) is 3.39. The molecule has 0 bridgehead atoms. The van der Waals surface area contributed by atoms with Crippen LogP contribution >= 0.6 is 24.0 Å². The second kappa shape index (κ2) is 17.4. The van der Waals surface area contributed by atoms with Crippen molar-refractivity contribution in [2.45, 2.75) is 19.3 Å². The fraction of sp³-hybridized carbons (Fsp3) is 0.379. The summed E-state index contributed by atoms with van der Waals surface area (Å²) in [5.74, 6) is 1.87. The monoisotopic (exact) mass is 578 g/mol. The maximum absolute atomic E-state index is 11.9. The van der Waals surface area contributed by atoms with Gasteiger partial charge in [-0.05, 0) is 75.3 Å². The molecule has 0 spiro atoms. The van der Waals surface area contributed by atoms with Gasteiger partial charge in [-0.2, -0.15) is 0 Å². The summed E-state index contributed by atoms with van der Waals surface area (Å²) in [6.45, 7) is 3.04. The van der Waals surface area contributed by atoms with Crippen LogP contribution in [0.3, 0.4) is 0 Å². The number of ether oxygens (including phenoxy) is 4. The molecule has 8 nitrogen and oxygen atoms in total. The number of allylic oxidation sites excluding steroid dienone is 2. The van der Waals surface area contributed by atoms with Crippen LogP contribution < -0.4 is 14.2 Å². The highest BCUT2D eigenvalue weighted by atomic mass is 35.5. The Morgan fingerprint density at radius 1 is 1.00 bits per heavy atom. The third-order valence-corrected chi connectivity index (χ3v) is 5.93. The van der Waals surface area contributed by atoms with Crippen LogP contribution in [0.4, 0.5) is 0 Å². The fourth-order valence-electron chi connectivity index (χ4n) is 3.60. The minimum atomic E-state index is -0.373. The number of amides is 1. The molecule has 0 atom stereocenters. The van der Waals surface area contributed by atoms with Gasteiger partial charge in [0.25, 0.3) is 0 Å². The summed E-state index contributed by atoms with van der Waals surface area (Å²) in [5, 5.41) is 0.630. The number of hydrogen-bond donors (Lipinski definition) is 0. The summed E-state index contributed by atoms with van der Waals surface area (Å²) >= 11 is 5.72. The summed E-state index contributed by atoms with van der Waals surface area (Å²) in [5.41, 5.74) is 1.02. The Labute approximate surface area is 241 Å². The Bertz CT molecular complexity index is 1100. The highest BCUT2D eigenvalue weighted by molar-refractivity contribution is 6.30. The van der Waals surface area contributed by atoms with Gasteiger partial charge in [-0.1, -0.05) is 35.9 Å². The second-order valence-electron chi connectivity index (χ2n) is 8.98. The molecule has 0 radical (unpaired) electrons. The molecule has 0 unspecified atom stereocenters. The molecule has 2 heterocycles. The molecule has 2 aromatic carbocycles. The molecule has 2 aromatic rings. The maximum Gasteiger partial charge on any atom is 0.344 e. The number of fused-ring (bicyclic) bond motifs is 1. The predicted octanol–water partition coefficient (Wildman–Crippen LogP) is 5.24. The van der Waals surface area contributed by atoms with E-state index in [0.29, 0.717) is 23.9 Å². The van der Waals surface area contributed by atoms with Gasteiger partial charge in [-0.3, -0.25) is 4.79 Å². The first kappa shape index (κ1) is 32.0. The molecule has 39 heavy (non-hydrogen) atoms. The second-order valence-corrected chi connectivity index (χ2v) is 9.42. The van der Waals surface area contributed by atoms with Crippen molar-refractivity contribution in [3.05, 3.63) is 71.3 Å². The van der Waals surface area contributed by atoms with Crippen molar-refractivity contribution in [1.29, 1.82) is 0 Å². The van der Waals surface area contributed by atoms with Crippen molar-refractivity contribution in [1.82, 2.24) is 9.80 Å². The zero-order chi connectivity index (χ0) is 27.2. The number of hydrogen-bond acceptors (Lipinski definition) is 7. The normalized spacial score (nSPS) is 14.1. The predicted molar refractivity (Wildman–Crippen MR) is 155 cm³/mol. The first-order valence-corrected chi connectivity index (χ1v) is 13.0. The van der Waals surface area contributed by atoms with Crippen LogP contribution in [-0.4, -0.2) is 75.4 Å². The van der Waals surface area contributed by atoms with Gasteiger partial charge in [-0.15, -0.1) is 12.4 Å². The van der Waals surface area contributed by atoms with Crippen LogP contribution in [0.1, 0.15) is 24.8 Å². The molecule has 0 aromatic heterocycles. The molecule has 212 valence electrons. The van der Waals surface area contributed by atoms with E-state index in [1.807, 2.05) is 54.2 Å². The standard InChI is InChI=1S/C17H19NO3.C12H16ClNO3.ClH/c19-17(18-10-4-1-5-11-18)7-3-2-6-14-8-9-15-16(12-14)21-13-20-15;1-14(2)7-8-16-12(15)9-17-11-5-3-10(13)4-6-11;/h2-3,6-9,12H,1,4-5,10-11,13H2;3-6H,7-9H2,1-2H3;1H. The summed E-state index contributed by atoms with van der Waals surface area (Å²) in [6.07, 6.45) is 10.7. The van der Waals surface area contributed by atoms with E-state index in [2.05, 4.69) is 0 Å². The maximum atomic E-state index is 11.9. The Morgan fingerprint density at radius 3 is 2.44 bits per heavy atom. The van der Waals surface area contributed by atoms with E-state index in [9.17, 15) is 9.59 Å². The smallest absolute Gasteiger partial charge is 0.344 e. The highest BCUT2D eigenvalue weighted by Gasteiger charge is 2.14. The molecule has 10 heteroatoms. The van der Waals surface area contributed by atoms with E-state index in [1.165, 1.54) is 6.42 Å². The lowest BCUT2D eigenvalue weighted by Gasteiger charge is -2.25. The van der Waals surface area contributed by atoms with Gasteiger partial charge in [0.1, 0.15) is 12.4 Å². The van der Waals surface area contributed by atoms with Crippen LogP contribution in [0.15, 0.2) is 60.7 Å². The van der Waals surface area contributed by atoms with Gasteiger partial charge in [0.15, 0.2) is 18.1 Å². The molecule has 1 saturated heterocycles.